The molecule has 2 aromatic rings. The number of rotatable bonds is 8. The third-order valence-electron chi connectivity index (χ3n) is 5.32. The molecule has 0 aliphatic carbocycles. The Balaban J connectivity index is 1.47. The van der Waals surface area contributed by atoms with Gasteiger partial charge in [-0.1, -0.05) is 0 Å². The first-order chi connectivity index (χ1) is 13.7. The van der Waals surface area contributed by atoms with Crippen LogP contribution in [0.4, 0.5) is 22.7 Å². The summed E-state index contributed by atoms with van der Waals surface area (Å²) in [5.41, 5.74) is 4.23. The minimum absolute atomic E-state index is 0.0430. The molecule has 1 heterocycles. The van der Waals surface area contributed by atoms with E-state index >= 15 is 0 Å². The highest BCUT2D eigenvalue weighted by Crippen LogP contribution is 2.22. The van der Waals surface area contributed by atoms with Crippen molar-refractivity contribution in [3.05, 3.63) is 48.5 Å². The number of carbonyl (C=O) groups excluding carboxylic acids is 1. The number of benzene rings is 2. The van der Waals surface area contributed by atoms with E-state index < -0.39 is 0 Å². The molecular formula is C23H32N4O. The molecule has 1 fully saturated rings. The van der Waals surface area contributed by atoms with Crippen molar-refractivity contribution in [1.29, 1.82) is 0 Å². The molecule has 1 aliphatic rings. The number of carbonyl (C=O) groups is 1. The Kier molecular flexibility index (Phi) is 7.18. The van der Waals surface area contributed by atoms with Gasteiger partial charge in [0, 0.05) is 48.9 Å². The minimum atomic E-state index is -0.0430. The van der Waals surface area contributed by atoms with Crippen LogP contribution in [0, 0.1) is 0 Å². The molecule has 28 heavy (non-hydrogen) atoms. The largest absolute Gasteiger partial charge is 0.376 e. The molecule has 0 atom stereocenters. The Morgan fingerprint density at radius 1 is 0.893 bits per heavy atom. The smallest absolute Gasteiger partial charge is 0.243 e. The summed E-state index contributed by atoms with van der Waals surface area (Å²) in [6.07, 6.45) is 3.86. The Morgan fingerprint density at radius 3 is 2.11 bits per heavy atom. The second kappa shape index (κ2) is 10.0. The lowest BCUT2D eigenvalue weighted by Gasteiger charge is -2.28. The fraction of sp³-hybridized carbons (Fsp3) is 0.435. The highest BCUT2D eigenvalue weighted by molar-refractivity contribution is 5.93. The van der Waals surface area contributed by atoms with Gasteiger partial charge in [0.25, 0.3) is 0 Å². The van der Waals surface area contributed by atoms with Gasteiger partial charge in [0.1, 0.15) is 0 Å². The number of amides is 1. The van der Waals surface area contributed by atoms with Crippen molar-refractivity contribution in [1.82, 2.24) is 0 Å². The number of nitrogens with one attached hydrogen (secondary N) is 2. The van der Waals surface area contributed by atoms with Crippen LogP contribution in [-0.4, -0.2) is 38.6 Å². The van der Waals surface area contributed by atoms with Crippen molar-refractivity contribution in [2.24, 2.45) is 0 Å². The van der Waals surface area contributed by atoms with Gasteiger partial charge in [-0.25, -0.2) is 0 Å². The van der Waals surface area contributed by atoms with Crippen LogP contribution in [0.5, 0.6) is 0 Å². The van der Waals surface area contributed by atoms with Gasteiger partial charge >= 0.3 is 0 Å². The average molecular weight is 381 g/mol. The summed E-state index contributed by atoms with van der Waals surface area (Å²) in [7, 11) is 0. The molecule has 2 aromatic carbocycles. The van der Waals surface area contributed by atoms with Gasteiger partial charge < -0.3 is 20.4 Å². The van der Waals surface area contributed by atoms with Gasteiger partial charge in [0.15, 0.2) is 0 Å². The van der Waals surface area contributed by atoms with Crippen LogP contribution in [0.25, 0.3) is 0 Å². The van der Waals surface area contributed by atoms with Crippen molar-refractivity contribution in [3.63, 3.8) is 0 Å². The predicted molar refractivity (Wildman–Crippen MR) is 120 cm³/mol. The summed E-state index contributed by atoms with van der Waals surface area (Å²) < 4.78 is 0. The third kappa shape index (κ3) is 5.41. The van der Waals surface area contributed by atoms with Crippen LogP contribution < -0.4 is 20.4 Å². The highest BCUT2D eigenvalue weighted by atomic mass is 16.1. The van der Waals surface area contributed by atoms with Crippen molar-refractivity contribution >= 4 is 28.7 Å². The molecule has 0 bridgehead atoms. The molecule has 5 nitrogen and oxygen atoms in total. The fourth-order valence-corrected chi connectivity index (χ4v) is 3.67. The Morgan fingerprint density at radius 2 is 1.50 bits per heavy atom. The summed E-state index contributed by atoms with van der Waals surface area (Å²) in [6.45, 7) is 8.78. The van der Waals surface area contributed by atoms with E-state index in [-0.39, 0.29) is 12.5 Å². The highest BCUT2D eigenvalue weighted by Gasteiger charge is 2.11. The Hall–Kier alpha value is -2.69. The molecule has 0 aromatic heterocycles. The quantitative estimate of drug-likeness (QED) is 0.704. The van der Waals surface area contributed by atoms with Gasteiger partial charge in [-0.05, 0) is 81.6 Å². The summed E-state index contributed by atoms with van der Waals surface area (Å²) >= 11 is 0. The van der Waals surface area contributed by atoms with Crippen LogP contribution in [0.1, 0.15) is 33.1 Å². The minimum Gasteiger partial charge on any atom is -0.376 e. The van der Waals surface area contributed by atoms with Gasteiger partial charge in [-0.15, -0.1) is 0 Å². The second-order valence-corrected chi connectivity index (χ2v) is 7.22. The SMILES string of the molecule is CCN(CC)c1ccc(NCC(=O)Nc2ccc(N3CCCCC3)cc2)cc1. The summed E-state index contributed by atoms with van der Waals surface area (Å²) in [5, 5.41) is 6.15. The zero-order chi connectivity index (χ0) is 19.8. The van der Waals surface area contributed by atoms with Crippen molar-refractivity contribution < 1.29 is 4.79 Å². The lowest BCUT2D eigenvalue weighted by Crippen LogP contribution is -2.29. The first kappa shape index (κ1) is 20.1. The van der Waals surface area contributed by atoms with Gasteiger partial charge in [0.05, 0.1) is 6.54 Å². The van der Waals surface area contributed by atoms with Gasteiger partial charge in [-0.3, -0.25) is 4.79 Å². The number of hydrogen-bond donors (Lipinski definition) is 2. The summed E-state index contributed by atoms with van der Waals surface area (Å²) in [4.78, 5) is 17.0. The standard InChI is InChI=1S/C23H32N4O/c1-3-26(4-2)21-12-8-19(9-13-21)24-18-23(28)25-20-10-14-22(15-11-20)27-16-6-5-7-17-27/h8-15,24H,3-7,16-18H2,1-2H3,(H,25,28). The average Bonchev–Trinajstić information content (AvgIpc) is 2.75. The normalized spacial score (nSPS) is 13.9. The predicted octanol–water partition coefficient (Wildman–Crippen LogP) is 4.57. The molecule has 2 N–H and O–H groups in total. The van der Waals surface area contributed by atoms with E-state index in [1.165, 1.54) is 30.6 Å². The maximum absolute atomic E-state index is 12.2. The van der Waals surface area contributed by atoms with Crippen LogP contribution in [0.3, 0.4) is 0 Å². The van der Waals surface area contributed by atoms with Gasteiger partial charge in [0.2, 0.25) is 5.91 Å². The van der Waals surface area contributed by atoms with E-state index in [9.17, 15) is 4.79 Å². The monoisotopic (exact) mass is 380 g/mol. The first-order valence-electron chi connectivity index (χ1n) is 10.4. The van der Waals surface area contributed by atoms with Crippen LogP contribution in [0.2, 0.25) is 0 Å². The third-order valence-corrected chi connectivity index (χ3v) is 5.32. The lowest BCUT2D eigenvalue weighted by atomic mass is 10.1. The number of anilines is 4. The van der Waals surface area contributed by atoms with E-state index in [4.69, 9.17) is 0 Å². The number of hydrogen-bond acceptors (Lipinski definition) is 4. The van der Waals surface area contributed by atoms with E-state index in [0.717, 1.165) is 37.6 Å². The first-order valence-corrected chi connectivity index (χ1v) is 10.4. The van der Waals surface area contributed by atoms with Crippen LogP contribution in [0.15, 0.2) is 48.5 Å². The van der Waals surface area contributed by atoms with Crippen molar-refractivity contribution in [3.8, 4) is 0 Å². The van der Waals surface area contributed by atoms with E-state index in [0.29, 0.717) is 0 Å². The molecule has 0 saturated carbocycles. The molecule has 150 valence electrons. The van der Waals surface area contributed by atoms with E-state index in [1.807, 2.05) is 24.3 Å². The van der Waals surface area contributed by atoms with E-state index in [2.05, 4.69) is 58.5 Å². The summed E-state index contributed by atoms with van der Waals surface area (Å²) in [5.74, 6) is -0.0430. The molecule has 0 spiro atoms. The Labute approximate surface area is 168 Å². The molecule has 1 saturated heterocycles. The summed E-state index contributed by atoms with van der Waals surface area (Å²) in [6, 6.07) is 16.4. The molecule has 3 rings (SSSR count). The maximum Gasteiger partial charge on any atom is 0.243 e. The van der Waals surface area contributed by atoms with E-state index in [1.54, 1.807) is 0 Å². The van der Waals surface area contributed by atoms with Crippen LogP contribution >= 0.6 is 0 Å². The molecular weight excluding hydrogens is 348 g/mol. The maximum atomic E-state index is 12.2. The molecule has 1 aliphatic heterocycles. The topological polar surface area (TPSA) is 47.6 Å². The van der Waals surface area contributed by atoms with Crippen molar-refractivity contribution in [2.75, 3.05) is 53.2 Å². The zero-order valence-corrected chi connectivity index (χ0v) is 17.1. The lowest BCUT2D eigenvalue weighted by molar-refractivity contribution is -0.114. The Bertz CT molecular complexity index is 732. The zero-order valence-electron chi connectivity index (χ0n) is 17.1. The fourth-order valence-electron chi connectivity index (χ4n) is 3.67. The van der Waals surface area contributed by atoms with Gasteiger partial charge in [-0.2, -0.15) is 0 Å². The van der Waals surface area contributed by atoms with Crippen LogP contribution in [-0.2, 0) is 4.79 Å². The molecule has 5 heteroatoms. The second-order valence-electron chi connectivity index (χ2n) is 7.22. The molecule has 0 unspecified atom stereocenters. The van der Waals surface area contributed by atoms with Crippen molar-refractivity contribution in [2.45, 2.75) is 33.1 Å². The number of nitrogens with zero attached hydrogens (tertiary/aromatic N) is 2. The molecule has 1 amide bonds. The molecule has 0 radical (unpaired) electrons. The number of piperidine rings is 1.